The summed E-state index contributed by atoms with van der Waals surface area (Å²) < 4.78 is 1.88. The van der Waals surface area contributed by atoms with Crippen molar-refractivity contribution in [1.29, 1.82) is 0 Å². The second kappa shape index (κ2) is 4.59. The number of allylic oxidation sites excluding steroid dienone is 2. The predicted octanol–water partition coefficient (Wildman–Crippen LogP) is 2.98. The van der Waals surface area contributed by atoms with Gasteiger partial charge in [-0.3, -0.25) is 4.79 Å². The van der Waals surface area contributed by atoms with Gasteiger partial charge in [0, 0.05) is 16.9 Å². The van der Waals surface area contributed by atoms with Gasteiger partial charge in [-0.2, -0.15) is 5.10 Å². The molecule has 2 aliphatic rings. The van der Waals surface area contributed by atoms with Crippen LogP contribution in [-0.4, -0.2) is 20.5 Å². The zero-order valence-electron chi connectivity index (χ0n) is 10.8. The van der Waals surface area contributed by atoms with Gasteiger partial charge in [-0.15, -0.1) is 0 Å². The Hall–Kier alpha value is -1.88. The highest BCUT2D eigenvalue weighted by Gasteiger charge is 2.36. The number of Topliss-reactive ketones (excluding diaryl/α,β-unsaturated/α-hetero) is 1. The Labute approximate surface area is 120 Å². The van der Waals surface area contributed by atoms with Crippen LogP contribution in [0, 0.1) is 0 Å². The van der Waals surface area contributed by atoms with Gasteiger partial charge >= 0.3 is 0 Å². The molecule has 0 N–H and O–H groups in total. The van der Waals surface area contributed by atoms with Crippen molar-refractivity contribution in [1.82, 2.24) is 14.8 Å². The van der Waals surface area contributed by atoms with Gasteiger partial charge < -0.3 is 0 Å². The molecule has 0 amide bonds. The van der Waals surface area contributed by atoms with E-state index >= 15 is 0 Å². The molecule has 2 aromatic rings. The maximum Gasteiger partial charge on any atom is 0.191 e. The zero-order chi connectivity index (χ0) is 13.5. The molecule has 4 nitrogen and oxygen atoms in total. The first-order valence-corrected chi connectivity index (χ1v) is 7.55. The van der Waals surface area contributed by atoms with E-state index in [1.165, 1.54) is 4.91 Å². The van der Waals surface area contributed by atoms with E-state index in [-0.39, 0.29) is 11.8 Å². The summed E-state index contributed by atoms with van der Waals surface area (Å²) in [7, 11) is 0. The number of fused-ring (bicyclic) bond motifs is 1. The average Bonchev–Trinajstić information content (AvgIpc) is 2.94. The van der Waals surface area contributed by atoms with Crippen molar-refractivity contribution in [2.24, 2.45) is 0 Å². The number of nitrogens with zero attached hydrogens (tertiary/aromatic N) is 3. The van der Waals surface area contributed by atoms with E-state index in [1.807, 2.05) is 22.9 Å². The normalized spacial score (nSPS) is 21.6. The fourth-order valence-electron chi connectivity index (χ4n) is 2.91. The van der Waals surface area contributed by atoms with Gasteiger partial charge in [-0.05, 0) is 18.4 Å². The largest absolute Gasteiger partial charge is 0.294 e. The Morgan fingerprint density at radius 3 is 2.90 bits per heavy atom. The molecule has 1 aliphatic carbocycles. The number of ketones is 1. The minimum Gasteiger partial charge on any atom is -0.294 e. The monoisotopic (exact) mass is 283 g/mol. The molecule has 2 heterocycles. The fraction of sp³-hybridized carbons (Fsp3) is 0.267. The van der Waals surface area contributed by atoms with Crippen LogP contribution in [0.3, 0.4) is 0 Å². The van der Waals surface area contributed by atoms with Crippen LogP contribution in [0.4, 0.5) is 0 Å². The Kier molecular flexibility index (Phi) is 2.73. The van der Waals surface area contributed by atoms with Gasteiger partial charge in [0.25, 0.3) is 0 Å². The summed E-state index contributed by atoms with van der Waals surface area (Å²) in [6.07, 6.45) is 4.14. The number of rotatable bonds is 1. The lowest BCUT2D eigenvalue weighted by atomic mass is 9.88. The molecule has 1 aromatic heterocycles. The van der Waals surface area contributed by atoms with E-state index in [2.05, 4.69) is 22.2 Å². The summed E-state index contributed by atoms with van der Waals surface area (Å²) in [6, 6.07) is 9.99. The maximum absolute atomic E-state index is 12.4. The second-order valence-electron chi connectivity index (χ2n) is 5.02. The highest BCUT2D eigenvalue weighted by Crippen LogP contribution is 2.46. The van der Waals surface area contributed by atoms with Crippen molar-refractivity contribution in [3.63, 3.8) is 0 Å². The van der Waals surface area contributed by atoms with E-state index in [9.17, 15) is 4.79 Å². The van der Waals surface area contributed by atoms with Crippen molar-refractivity contribution in [2.45, 2.75) is 30.5 Å². The molecule has 0 radical (unpaired) electrons. The molecule has 1 aliphatic heterocycles. The summed E-state index contributed by atoms with van der Waals surface area (Å²) >= 11 is 1.60. The quantitative estimate of drug-likeness (QED) is 0.807. The van der Waals surface area contributed by atoms with Crippen molar-refractivity contribution in [2.75, 3.05) is 0 Å². The number of aromatic nitrogens is 3. The van der Waals surface area contributed by atoms with Crippen molar-refractivity contribution in [3.8, 4) is 0 Å². The van der Waals surface area contributed by atoms with Gasteiger partial charge in [-0.1, -0.05) is 42.1 Å². The predicted molar refractivity (Wildman–Crippen MR) is 76.3 cm³/mol. The number of benzene rings is 1. The topological polar surface area (TPSA) is 47.8 Å². The first kappa shape index (κ1) is 11.9. The van der Waals surface area contributed by atoms with E-state index in [1.54, 1.807) is 18.1 Å². The minimum absolute atomic E-state index is 0.113. The van der Waals surface area contributed by atoms with Crippen LogP contribution in [0.1, 0.15) is 30.9 Å². The summed E-state index contributed by atoms with van der Waals surface area (Å²) in [5, 5.41) is 5.22. The van der Waals surface area contributed by atoms with E-state index < -0.39 is 0 Å². The Morgan fingerprint density at radius 1 is 1.20 bits per heavy atom. The molecule has 100 valence electrons. The summed E-state index contributed by atoms with van der Waals surface area (Å²) in [5.41, 5.74) is 2.02. The van der Waals surface area contributed by atoms with Gasteiger partial charge in [0.05, 0.1) is 0 Å². The van der Waals surface area contributed by atoms with Crippen LogP contribution < -0.4 is 0 Å². The number of carbonyl (C=O) groups is 1. The molecular weight excluding hydrogens is 270 g/mol. The van der Waals surface area contributed by atoms with Gasteiger partial charge in [0.1, 0.15) is 12.4 Å². The highest BCUT2D eigenvalue weighted by molar-refractivity contribution is 8.03. The number of carbonyl (C=O) groups excluding carboxylic acids is 1. The summed E-state index contributed by atoms with van der Waals surface area (Å²) in [6.45, 7) is 0. The third kappa shape index (κ3) is 1.73. The fourth-order valence-corrected chi connectivity index (χ4v) is 4.06. The first-order chi connectivity index (χ1) is 9.84. The van der Waals surface area contributed by atoms with Crippen LogP contribution in [0.25, 0.3) is 0 Å². The molecule has 5 heteroatoms. The van der Waals surface area contributed by atoms with E-state index in [0.717, 1.165) is 29.1 Å². The van der Waals surface area contributed by atoms with Crippen molar-refractivity contribution in [3.05, 3.63) is 52.7 Å². The number of hydrogen-bond acceptors (Lipinski definition) is 4. The lowest BCUT2D eigenvalue weighted by Crippen LogP contribution is -2.26. The van der Waals surface area contributed by atoms with Crippen molar-refractivity contribution >= 4 is 17.5 Å². The molecule has 20 heavy (non-hydrogen) atoms. The van der Waals surface area contributed by atoms with Gasteiger partial charge in [0.15, 0.2) is 10.9 Å². The Morgan fingerprint density at radius 2 is 2.05 bits per heavy atom. The standard InChI is InChI=1S/C15H13N3OS/c19-11-7-4-8-12-13(11)14(10-5-2-1-3-6-10)18-15(20-12)16-9-17-18/h1-3,5-6,9,14H,4,7-8H2. The molecule has 0 fully saturated rings. The van der Waals surface area contributed by atoms with Crippen LogP contribution in [0.15, 0.2) is 52.3 Å². The molecule has 0 saturated carbocycles. The second-order valence-corrected chi connectivity index (χ2v) is 6.08. The van der Waals surface area contributed by atoms with Gasteiger partial charge in [-0.25, -0.2) is 9.67 Å². The van der Waals surface area contributed by atoms with E-state index in [0.29, 0.717) is 6.42 Å². The smallest absolute Gasteiger partial charge is 0.191 e. The zero-order valence-corrected chi connectivity index (χ0v) is 11.6. The highest BCUT2D eigenvalue weighted by atomic mass is 32.2. The molecule has 1 atom stereocenters. The molecular formula is C15H13N3OS. The molecule has 0 bridgehead atoms. The molecule has 1 unspecified atom stereocenters. The Balaban J connectivity index is 1.93. The van der Waals surface area contributed by atoms with Gasteiger partial charge in [0.2, 0.25) is 0 Å². The Bertz CT molecular complexity index is 705. The van der Waals surface area contributed by atoms with Crippen LogP contribution in [-0.2, 0) is 4.79 Å². The SMILES string of the molecule is O=C1CCCC2=C1C(c1ccccc1)n1ncnc1S2. The van der Waals surface area contributed by atoms with Crippen LogP contribution >= 0.6 is 11.8 Å². The van der Waals surface area contributed by atoms with E-state index in [4.69, 9.17) is 0 Å². The molecule has 1 aromatic carbocycles. The first-order valence-electron chi connectivity index (χ1n) is 6.73. The third-order valence-corrected chi connectivity index (χ3v) is 4.94. The minimum atomic E-state index is -0.113. The molecule has 0 spiro atoms. The average molecular weight is 283 g/mol. The summed E-state index contributed by atoms with van der Waals surface area (Å²) in [5.74, 6) is 0.258. The van der Waals surface area contributed by atoms with Crippen LogP contribution in [0.2, 0.25) is 0 Å². The molecule has 0 saturated heterocycles. The number of hydrogen-bond donors (Lipinski definition) is 0. The van der Waals surface area contributed by atoms with Crippen LogP contribution in [0.5, 0.6) is 0 Å². The lowest BCUT2D eigenvalue weighted by Gasteiger charge is -2.30. The lowest BCUT2D eigenvalue weighted by molar-refractivity contribution is -0.116. The number of thioether (sulfide) groups is 1. The third-order valence-electron chi connectivity index (χ3n) is 3.80. The summed E-state index contributed by atoms with van der Waals surface area (Å²) in [4.78, 5) is 17.9. The van der Waals surface area contributed by atoms with Crippen molar-refractivity contribution < 1.29 is 4.79 Å². The maximum atomic E-state index is 12.4. The molecule has 4 rings (SSSR count).